The van der Waals surface area contributed by atoms with Crippen molar-refractivity contribution in [2.45, 2.75) is 6.92 Å². The number of aromatic nitrogens is 2. The lowest BCUT2D eigenvalue weighted by atomic mass is 10.1. The minimum absolute atomic E-state index is 0.458. The van der Waals surface area contributed by atoms with Crippen LogP contribution in [0.2, 0.25) is 0 Å². The molecule has 0 fully saturated rings. The van der Waals surface area contributed by atoms with Crippen LogP contribution < -0.4 is 0 Å². The predicted octanol–water partition coefficient (Wildman–Crippen LogP) is 2.86. The zero-order valence-corrected chi connectivity index (χ0v) is 8.37. The molecule has 0 aliphatic heterocycles. The summed E-state index contributed by atoms with van der Waals surface area (Å²) in [6, 6.07) is 1.88. The highest BCUT2D eigenvalue weighted by atomic mass is 19.1. The van der Waals surface area contributed by atoms with Gasteiger partial charge in [0.1, 0.15) is 5.83 Å². The molecule has 2 nitrogen and oxygen atoms in total. The smallest absolute Gasteiger partial charge is 0.116 e. The molecule has 0 bridgehead atoms. The van der Waals surface area contributed by atoms with Crippen LogP contribution in [-0.2, 0) is 7.05 Å². The number of allylic oxidation sites excluding steroid dienone is 5. The molecule has 0 saturated heterocycles. The maximum atomic E-state index is 12.4. The number of halogens is 1. The Morgan fingerprint density at radius 1 is 1.57 bits per heavy atom. The molecule has 0 radical (unpaired) electrons. The summed E-state index contributed by atoms with van der Waals surface area (Å²) in [5.74, 6) is -0.458. The van der Waals surface area contributed by atoms with Crippen molar-refractivity contribution in [3.8, 4) is 0 Å². The molecule has 0 amide bonds. The predicted molar refractivity (Wildman–Crippen MR) is 56.2 cm³/mol. The summed E-state index contributed by atoms with van der Waals surface area (Å²) in [5.41, 5.74) is 1.71. The van der Waals surface area contributed by atoms with Crippen LogP contribution in [0.5, 0.6) is 0 Å². The maximum Gasteiger partial charge on any atom is 0.116 e. The Labute approximate surface area is 83.1 Å². The van der Waals surface area contributed by atoms with Crippen molar-refractivity contribution in [1.82, 2.24) is 9.78 Å². The maximum absolute atomic E-state index is 12.4. The Bertz CT molecular complexity index is 386. The highest BCUT2D eigenvalue weighted by molar-refractivity contribution is 5.71. The van der Waals surface area contributed by atoms with Crippen LogP contribution in [0.4, 0.5) is 4.39 Å². The van der Waals surface area contributed by atoms with E-state index in [4.69, 9.17) is 0 Å². The second-order valence-electron chi connectivity index (χ2n) is 2.90. The standard InChI is InChI=1S/C11H13FN2/c1-4-10(6-5-9(2)12)11-7-8-14(3)13-11/h4-8H,2H2,1,3H3/b6-5-,10-4+. The second kappa shape index (κ2) is 4.56. The normalized spacial score (nSPS) is 12.4. The van der Waals surface area contributed by atoms with Crippen LogP contribution >= 0.6 is 0 Å². The lowest BCUT2D eigenvalue weighted by Crippen LogP contribution is -1.89. The monoisotopic (exact) mass is 192 g/mol. The molecule has 3 heteroatoms. The highest BCUT2D eigenvalue weighted by Crippen LogP contribution is 2.13. The van der Waals surface area contributed by atoms with E-state index in [1.165, 1.54) is 6.08 Å². The number of aryl methyl sites for hydroxylation is 1. The van der Waals surface area contributed by atoms with Crippen LogP contribution in [0.15, 0.2) is 42.9 Å². The molecule has 0 aliphatic rings. The molecule has 1 aromatic rings. The van der Waals surface area contributed by atoms with Gasteiger partial charge in [-0.3, -0.25) is 4.68 Å². The number of rotatable bonds is 3. The van der Waals surface area contributed by atoms with Crippen LogP contribution in [-0.4, -0.2) is 9.78 Å². The first-order valence-electron chi connectivity index (χ1n) is 4.32. The average molecular weight is 192 g/mol. The fourth-order valence-corrected chi connectivity index (χ4v) is 1.08. The molecule has 1 rings (SSSR count). The SMILES string of the molecule is C=C(F)/C=C\C(=C/C)c1ccn(C)n1. The lowest BCUT2D eigenvalue weighted by Gasteiger charge is -1.95. The molecule has 0 aliphatic carbocycles. The fraction of sp³-hybridized carbons (Fsp3) is 0.182. The number of hydrogen-bond acceptors (Lipinski definition) is 1. The van der Waals surface area contributed by atoms with E-state index >= 15 is 0 Å². The van der Waals surface area contributed by atoms with E-state index in [-0.39, 0.29) is 0 Å². The van der Waals surface area contributed by atoms with Gasteiger partial charge in [-0.15, -0.1) is 0 Å². The minimum Gasteiger partial charge on any atom is -0.275 e. The first-order valence-corrected chi connectivity index (χ1v) is 4.32. The van der Waals surface area contributed by atoms with Crippen LogP contribution in [0.25, 0.3) is 5.57 Å². The van der Waals surface area contributed by atoms with Crippen LogP contribution in [0.3, 0.4) is 0 Å². The molecule has 0 aromatic carbocycles. The van der Waals surface area contributed by atoms with Crippen molar-refractivity contribution < 1.29 is 4.39 Å². The van der Waals surface area contributed by atoms with Crippen molar-refractivity contribution in [2.24, 2.45) is 7.05 Å². The van der Waals surface area contributed by atoms with E-state index in [2.05, 4.69) is 11.7 Å². The summed E-state index contributed by atoms with van der Waals surface area (Å²) in [6.07, 6.45) is 6.70. The van der Waals surface area contributed by atoms with Crippen molar-refractivity contribution in [1.29, 1.82) is 0 Å². The molecule has 0 atom stereocenters. The van der Waals surface area contributed by atoms with E-state index < -0.39 is 5.83 Å². The molecule has 14 heavy (non-hydrogen) atoms. The van der Waals surface area contributed by atoms with Crippen LogP contribution in [0, 0.1) is 0 Å². The fourth-order valence-electron chi connectivity index (χ4n) is 1.08. The first-order chi connectivity index (χ1) is 6.63. The van der Waals surface area contributed by atoms with Crippen molar-refractivity contribution in [3.63, 3.8) is 0 Å². The molecule has 0 N–H and O–H groups in total. The van der Waals surface area contributed by atoms with Gasteiger partial charge in [-0.1, -0.05) is 18.7 Å². The molecule has 0 saturated carbocycles. The van der Waals surface area contributed by atoms with Gasteiger partial charge < -0.3 is 0 Å². The van der Waals surface area contributed by atoms with Gasteiger partial charge in [0.25, 0.3) is 0 Å². The average Bonchev–Trinajstić information content (AvgIpc) is 2.53. The second-order valence-corrected chi connectivity index (χ2v) is 2.90. The summed E-state index contributed by atoms with van der Waals surface area (Å²) in [4.78, 5) is 0. The summed E-state index contributed by atoms with van der Waals surface area (Å²) in [6.45, 7) is 5.04. The van der Waals surface area contributed by atoms with Gasteiger partial charge in [-0.05, 0) is 24.6 Å². The van der Waals surface area contributed by atoms with Gasteiger partial charge in [-0.2, -0.15) is 5.10 Å². The van der Waals surface area contributed by atoms with Crippen molar-refractivity contribution in [2.75, 3.05) is 0 Å². The highest BCUT2D eigenvalue weighted by Gasteiger charge is 1.99. The Kier molecular flexibility index (Phi) is 3.40. The number of hydrogen-bond donors (Lipinski definition) is 0. The summed E-state index contributed by atoms with van der Waals surface area (Å²) >= 11 is 0. The van der Waals surface area contributed by atoms with E-state index in [9.17, 15) is 4.39 Å². The summed E-state index contributed by atoms with van der Waals surface area (Å²) < 4.78 is 14.1. The minimum atomic E-state index is -0.458. The quantitative estimate of drug-likeness (QED) is 0.673. The molecular formula is C11H13FN2. The Morgan fingerprint density at radius 2 is 2.29 bits per heavy atom. The summed E-state index contributed by atoms with van der Waals surface area (Å²) in [7, 11) is 1.84. The van der Waals surface area contributed by atoms with Crippen molar-refractivity contribution in [3.05, 3.63) is 48.6 Å². The van der Waals surface area contributed by atoms with Gasteiger partial charge in [0.05, 0.1) is 5.69 Å². The van der Waals surface area contributed by atoms with Gasteiger partial charge in [-0.25, -0.2) is 4.39 Å². The van der Waals surface area contributed by atoms with E-state index in [1.807, 2.05) is 32.3 Å². The molecule has 0 unspecified atom stereocenters. The number of nitrogens with zero attached hydrogens (tertiary/aromatic N) is 2. The Hall–Kier alpha value is -1.64. The molecular weight excluding hydrogens is 179 g/mol. The van der Waals surface area contributed by atoms with E-state index in [1.54, 1.807) is 10.8 Å². The van der Waals surface area contributed by atoms with Gasteiger partial charge in [0.15, 0.2) is 0 Å². The third kappa shape index (κ3) is 2.69. The lowest BCUT2D eigenvalue weighted by molar-refractivity contribution is 0.671. The third-order valence-electron chi connectivity index (χ3n) is 1.76. The molecule has 1 aromatic heterocycles. The Balaban J connectivity index is 2.89. The van der Waals surface area contributed by atoms with E-state index in [0.717, 1.165) is 11.3 Å². The topological polar surface area (TPSA) is 17.8 Å². The van der Waals surface area contributed by atoms with Gasteiger partial charge in [0, 0.05) is 13.2 Å². The first kappa shape index (κ1) is 10.4. The van der Waals surface area contributed by atoms with Crippen LogP contribution in [0.1, 0.15) is 12.6 Å². The van der Waals surface area contributed by atoms with E-state index in [0.29, 0.717) is 0 Å². The van der Waals surface area contributed by atoms with Crippen molar-refractivity contribution >= 4 is 5.57 Å². The zero-order valence-electron chi connectivity index (χ0n) is 8.37. The zero-order chi connectivity index (χ0) is 10.6. The summed E-state index contributed by atoms with van der Waals surface area (Å²) in [5, 5.41) is 4.20. The van der Waals surface area contributed by atoms with Gasteiger partial charge >= 0.3 is 0 Å². The van der Waals surface area contributed by atoms with Gasteiger partial charge in [0.2, 0.25) is 0 Å². The molecule has 1 heterocycles. The largest absolute Gasteiger partial charge is 0.275 e. The Morgan fingerprint density at radius 3 is 2.71 bits per heavy atom. The third-order valence-corrected chi connectivity index (χ3v) is 1.76. The molecule has 0 spiro atoms. The molecule has 74 valence electrons.